The van der Waals surface area contributed by atoms with Crippen LogP contribution in [0.4, 0.5) is 0 Å². The topological polar surface area (TPSA) is 48.4 Å². The lowest BCUT2D eigenvalue weighted by molar-refractivity contribution is -0.00842. The van der Waals surface area contributed by atoms with E-state index in [9.17, 15) is 0 Å². The van der Waals surface area contributed by atoms with Crippen molar-refractivity contribution in [2.75, 3.05) is 13.7 Å². The molecule has 0 saturated carbocycles. The Balaban J connectivity index is 2.94. The summed E-state index contributed by atoms with van der Waals surface area (Å²) in [6, 6.07) is 3.67. The van der Waals surface area contributed by atoms with Crippen LogP contribution in [-0.4, -0.2) is 13.7 Å². The molecule has 0 amide bonds. The summed E-state index contributed by atoms with van der Waals surface area (Å²) in [5, 5.41) is 0. The van der Waals surface area contributed by atoms with Crippen molar-refractivity contribution >= 4 is 15.9 Å². The molecular formula is C8H12BrNO2. The molecule has 1 rings (SSSR count). The maximum atomic E-state index is 5.56. The highest BCUT2D eigenvalue weighted by atomic mass is 79.9. The average Bonchev–Trinajstić information content (AvgIpc) is 2.51. The minimum absolute atomic E-state index is 0.392. The third-order valence-corrected chi connectivity index (χ3v) is 2.36. The lowest BCUT2D eigenvalue weighted by atomic mass is 10.0. The van der Waals surface area contributed by atoms with Gasteiger partial charge in [-0.1, -0.05) is 0 Å². The zero-order chi connectivity index (χ0) is 9.19. The molecule has 0 fully saturated rings. The van der Waals surface area contributed by atoms with Crippen LogP contribution in [0.2, 0.25) is 0 Å². The molecule has 68 valence electrons. The van der Waals surface area contributed by atoms with E-state index in [1.165, 1.54) is 0 Å². The van der Waals surface area contributed by atoms with E-state index in [0.29, 0.717) is 11.2 Å². The summed E-state index contributed by atoms with van der Waals surface area (Å²) in [5.41, 5.74) is 5.04. The Bertz CT molecular complexity index is 255. The van der Waals surface area contributed by atoms with E-state index in [1.807, 2.05) is 19.1 Å². The first kappa shape index (κ1) is 9.77. The second kappa shape index (κ2) is 3.60. The molecule has 0 aliphatic rings. The molecule has 0 radical (unpaired) electrons. The van der Waals surface area contributed by atoms with Crippen molar-refractivity contribution in [1.29, 1.82) is 0 Å². The number of nitrogens with two attached hydrogens (primary N) is 1. The number of hydrogen-bond donors (Lipinski definition) is 1. The molecule has 1 atom stereocenters. The Kier molecular flexibility index (Phi) is 2.93. The molecule has 1 aromatic rings. The SMILES string of the molecule is COC(C)(CN)c1ccc(Br)o1. The summed E-state index contributed by atoms with van der Waals surface area (Å²) < 4.78 is 11.3. The van der Waals surface area contributed by atoms with Gasteiger partial charge in [0.2, 0.25) is 0 Å². The minimum atomic E-state index is -0.522. The number of methoxy groups -OCH3 is 1. The summed E-state index contributed by atoms with van der Waals surface area (Å²) >= 11 is 3.22. The molecule has 0 bridgehead atoms. The number of halogens is 1. The third kappa shape index (κ3) is 1.71. The van der Waals surface area contributed by atoms with Gasteiger partial charge in [-0.25, -0.2) is 0 Å². The highest BCUT2D eigenvalue weighted by Gasteiger charge is 2.27. The zero-order valence-corrected chi connectivity index (χ0v) is 8.72. The van der Waals surface area contributed by atoms with Crippen LogP contribution in [0, 0.1) is 0 Å². The van der Waals surface area contributed by atoms with Gasteiger partial charge in [0.1, 0.15) is 11.4 Å². The predicted octanol–water partition coefficient (Wildman–Crippen LogP) is 1.86. The summed E-state index contributed by atoms with van der Waals surface area (Å²) in [5.74, 6) is 0.736. The molecule has 2 N–H and O–H groups in total. The van der Waals surface area contributed by atoms with E-state index in [2.05, 4.69) is 15.9 Å². The van der Waals surface area contributed by atoms with Crippen LogP contribution in [0.5, 0.6) is 0 Å². The second-order valence-electron chi connectivity index (χ2n) is 2.74. The predicted molar refractivity (Wildman–Crippen MR) is 49.8 cm³/mol. The van der Waals surface area contributed by atoms with Crippen LogP contribution in [-0.2, 0) is 10.3 Å². The third-order valence-electron chi connectivity index (χ3n) is 1.93. The molecule has 0 spiro atoms. The van der Waals surface area contributed by atoms with Gasteiger partial charge in [0.15, 0.2) is 4.67 Å². The number of hydrogen-bond acceptors (Lipinski definition) is 3. The van der Waals surface area contributed by atoms with Gasteiger partial charge in [0, 0.05) is 13.7 Å². The van der Waals surface area contributed by atoms with Crippen molar-refractivity contribution in [2.24, 2.45) is 5.73 Å². The van der Waals surface area contributed by atoms with Gasteiger partial charge in [0.05, 0.1) is 0 Å². The van der Waals surface area contributed by atoms with E-state index in [1.54, 1.807) is 7.11 Å². The lowest BCUT2D eigenvalue weighted by Gasteiger charge is -2.23. The first-order valence-electron chi connectivity index (χ1n) is 3.63. The first-order valence-corrected chi connectivity index (χ1v) is 4.43. The van der Waals surface area contributed by atoms with Crippen LogP contribution >= 0.6 is 15.9 Å². The highest BCUT2D eigenvalue weighted by Crippen LogP contribution is 2.27. The largest absolute Gasteiger partial charge is 0.451 e. The minimum Gasteiger partial charge on any atom is -0.451 e. The molecule has 0 aliphatic carbocycles. The Morgan fingerprint density at radius 2 is 2.33 bits per heavy atom. The van der Waals surface area contributed by atoms with Crippen molar-refractivity contribution < 1.29 is 9.15 Å². The summed E-state index contributed by atoms with van der Waals surface area (Å²) in [4.78, 5) is 0. The summed E-state index contributed by atoms with van der Waals surface area (Å²) in [6.07, 6.45) is 0. The molecular weight excluding hydrogens is 222 g/mol. The van der Waals surface area contributed by atoms with Crippen molar-refractivity contribution in [3.63, 3.8) is 0 Å². The second-order valence-corrected chi connectivity index (χ2v) is 3.52. The molecule has 4 heteroatoms. The highest BCUT2D eigenvalue weighted by molar-refractivity contribution is 9.10. The van der Waals surface area contributed by atoms with Gasteiger partial charge in [-0.3, -0.25) is 0 Å². The average molecular weight is 234 g/mol. The molecule has 1 unspecified atom stereocenters. The van der Waals surface area contributed by atoms with Gasteiger partial charge >= 0.3 is 0 Å². The molecule has 12 heavy (non-hydrogen) atoms. The van der Waals surface area contributed by atoms with E-state index >= 15 is 0 Å². The Morgan fingerprint density at radius 1 is 1.67 bits per heavy atom. The van der Waals surface area contributed by atoms with Crippen molar-refractivity contribution in [2.45, 2.75) is 12.5 Å². The van der Waals surface area contributed by atoms with Crippen LogP contribution in [0.25, 0.3) is 0 Å². The van der Waals surface area contributed by atoms with Gasteiger partial charge in [-0.2, -0.15) is 0 Å². The summed E-state index contributed by atoms with van der Waals surface area (Å²) in [7, 11) is 1.61. The van der Waals surface area contributed by atoms with Crippen LogP contribution in [0.1, 0.15) is 12.7 Å². The number of furan rings is 1. The molecule has 0 aliphatic heterocycles. The Hall–Kier alpha value is -0.320. The van der Waals surface area contributed by atoms with Crippen LogP contribution in [0.15, 0.2) is 21.2 Å². The normalized spacial score (nSPS) is 16.0. The van der Waals surface area contributed by atoms with Gasteiger partial charge in [-0.15, -0.1) is 0 Å². The molecule has 1 heterocycles. The molecule has 0 aromatic carbocycles. The monoisotopic (exact) mass is 233 g/mol. The van der Waals surface area contributed by atoms with Gasteiger partial charge in [-0.05, 0) is 35.0 Å². The molecule has 1 aromatic heterocycles. The maximum absolute atomic E-state index is 5.56. The Labute approximate surface area is 80.0 Å². The van der Waals surface area contributed by atoms with Crippen LogP contribution in [0.3, 0.4) is 0 Å². The fraction of sp³-hybridized carbons (Fsp3) is 0.500. The fourth-order valence-corrected chi connectivity index (χ4v) is 1.19. The van der Waals surface area contributed by atoms with Crippen molar-refractivity contribution in [1.82, 2.24) is 0 Å². The first-order chi connectivity index (χ1) is 5.62. The van der Waals surface area contributed by atoms with E-state index in [0.717, 1.165) is 5.76 Å². The molecule has 0 saturated heterocycles. The van der Waals surface area contributed by atoms with Gasteiger partial charge in [0.25, 0.3) is 0 Å². The van der Waals surface area contributed by atoms with Crippen LogP contribution < -0.4 is 5.73 Å². The number of ether oxygens (including phenoxy) is 1. The standard InChI is InChI=1S/C8H12BrNO2/c1-8(5-10,11-2)6-3-4-7(9)12-6/h3-4H,5,10H2,1-2H3. The van der Waals surface area contributed by atoms with Gasteiger partial charge < -0.3 is 14.9 Å². The van der Waals surface area contributed by atoms with E-state index < -0.39 is 5.60 Å². The quantitative estimate of drug-likeness (QED) is 0.868. The lowest BCUT2D eigenvalue weighted by Crippen LogP contribution is -2.33. The van der Waals surface area contributed by atoms with E-state index in [-0.39, 0.29) is 0 Å². The Morgan fingerprint density at radius 3 is 2.67 bits per heavy atom. The number of rotatable bonds is 3. The zero-order valence-electron chi connectivity index (χ0n) is 7.13. The smallest absolute Gasteiger partial charge is 0.169 e. The molecule has 3 nitrogen and oxygen atoms in total. The summed E-state index contributed by atoms with van der Waals surface area (Å²) in [6.45, 7) is 2.28. The van der Waals surface area contributed by atoms with Crippen molar-refractivity contribution in [3.05, 3.63) is 22.6 Å². The van der Waals surface area contributed by atoms with Crippen molar-refractivity contribution in [3.8, 4) is 0 Å². The van der Waals surface area contributed by atoms with E-state index in [4.69, 9.17) is 14.9 Å². The maximum Gasteiger partial charge on any atom is 0.169 e. The fourth-order valence-electron chi connectivity index (χ4n) is 0.883.